The number of alkyl halides is 3. The summed E-state index contributed by atoms with van der Waals surface area (Å²) in [7, 11) is -0.678. The van der Waals surface area contributed by atoms with E-state index in [1.165, 1.54) is 14.2 Å². The SMILES string of the molecule is COc1cc(N2CCN(CC(=O)N3CCOCC3)CC2)ccc1Nc1ncc(C(F)(F)F)c(CCc2ccc(C)cc2N(C)S(C)(=O)=O)n1. The fourth-order valence-electron chi connectivity index (χ4n) is 5.88. The number of morpholine rings is 1. The molecule has 2 saturated heterocycles. The van der Waals surface area contributed by atoms with Gasteiger partial charge in [-0.15, -0.1) is 0 Å². The largest absolute Gasteiger partial charge is 0.494 e. The van der Waals surface area contributed by atoms with Crippen LogP contribution in [0.3, 0.4) is 0 Å². The molecule has 1 aromatic heterocycles. The molecule has 0 aliphatic carbocycles. The number of hydrogen-bond donors (Lipinski definition) is 1. The second-order valence-electron chi connectivity index (χ2n) is 12.2. The molecule has 3 aromatic rings. The average molecular weight is 706 g/mol. The van der Waals surface area contributed by atoms with Gasteiger partial charge < -0.3 is 24.6 Å². The summed E-state index contributed by atoms with van der Waals surface area (Å²) in [5.41, 5.74) is 1.98. The smallest absolute Gasteiger partial charge is 0.419 e. The molecule has 2 fully saturated rings. The first-order valence-electron chi connectivity index (χ1n) is 16.0. The molecule has 3 heterocycles. The molecule has 2 aromatic carbocycles. The molecule has 1 amide bonds. The van der Waals surface area contributed by atoms with Crippen molar-refractivity contribution in [3.05, 3.63) is 65.0 Å². The summed E-state index contributed by atoms with van der Waals surface area (Å²) in [6, 6.07) is 10.7. The maximum atomic E-state index is 14.0. The van der Waals surface area contributed by atoms with E-state index in [0.29, 0.717) is 68.6 Å². The number of ether oxygens (including phenoxy) is 2. The number of nitrogens with one attached hydrogen (secondary N) is 1. The number of carbonyl (C=O) groups is 1. The van der Waals surface area contributed by atoms with Crippen molar-refractivity contribution < 1.29 is 35.9 Å². The molecular formula is C33H42F3N7O5S. The third-order valence-electron chi connectivity index (χ3n) is 8.77. The fourth-order valence-corrected chi connectivity index (χ4v) is 6.41. The lowest BCUT2D eigenvalue weighted by Crippen LogP contribution is -2.51. The molecule has 1 N–H and O–H groups in total. The van der Waals surface area contributed by atoms with Crippen LogP contribution in [0.4, 0.5) is 36.2 Å². The number of halogens is 3. The molecule has 0 saturated carbocycles. The summed E-state index contributed by atoms with van der Waals surface area (Å²) in [4.78, 5) is 27.1. The Kier molecular flexibility index (Phi) is 11.2. The lowest BCUT2D eigenvalue weighted by atomic mass is 10.0. The molecule has 2 aliphatic rings. The molecule has 0 atom stereocenters. The van der Waals surface area contributed by atoms with Crippen LogP contribution in [0.2, 0.25) is 0 Å². The van der Waals surface area contributed by atoms with Gasteiger partial charge in [0.2, 0.25) is 21.9 Å². The standard InChI is InChI=1S/C33H42F3N7O5S/c1-23-5-6-24(29(19-23)40(2)49(4,45)46)7-9-27-26(33(34,35)36)21-37-32(38-27)39-28-10-8-25(20-30(28)47-3)42-13-11-41(12-14-42)22-31(44)43-15-17-48-18-16-43/h5-6,8,10,19-21H,7,9,11-18,22H2,1-4H3,(H,37,38,39). The number of carbonyl (C=O) groups excluding carboxylic acids is 1. The lowest BCUT2D eigenvalue weighted by Gasteiger charge is -2.37. The van der Waals surface area contributed by atoms with Gasteiger partial charge in [-0.1, -0.05) is 12.1 Å². The first-order chi connectivity index (χ1) is 23.2. The summed E-state index contributed by atoms with van der Waals surface area (Å²) >= 11 is 0. The summed E-state index contributed by atoms with van der Waals surface area (Å²) in [5.74, 6) is 0.535. The number of piperazine rings is 1. The van der Waals surface area contributed by atoms with Crippen molar-refractivity contribution in [3.8, 4) is 5.75 Å². The highest BCUT2D eigenvalue weighted by Crippen LogP contribution is 2.35. The third-order valence-corrected chi connectivity index (χ3v) is 9.97. The lowest BCUT2D eigenvalue weighted by molar-refractivity contribution is -0.139. The molecular weight excluding hydrogens is 663 g/mol. The topological polar surface area (TPSA) is 120 Å². The monoisotopic (exact) mass is 705 g/mol. The van der Waals surface area contributed by atoms with Crippen LogP contribution in [0.25, 0.3) is 0 Å². The Balaban J connectivity index is 1.28. The van der Waals surface area contributed by atoms with Gasteiger partial charge in [-0.3, -0.25) is 14.0 Å². The van der Waals surface area contributed by atoms with Crippen molar-refractivity contribution in [1.82, 2.24) is 19.8 Å². The maximum absolute atomic E-state index is 14.0. The van der Waals surface area contributed by atoms with Gasteiger partial charge in [0.05, 0.1) is 55.8 Å². The zero-order valence-corrected chi connectivity index (χ0v) is 28.9. The highest BCUT2D eigenvalue weighted by molar-refractivity contribution is 7.92. The highest BCUT2D eigenvalue weighted by atomic mass is 32.2. The van der Waals surface area contributed by atoms with Crippen LogP contribution in [0, 0.1) is 6.92 Å². The Bertz CT molecular complexity index is 1740. The van der Waals surface area contributed by atoms with Gasteiger partial charge in [0.15, 0.2) is 0 Å². The summed E-state index contributed by atoms with van der Waals surface area (Å²) in [6.45, 7) is 7.42. The number of aryl methyl sites for hydroxylation is 3. The molecule has 0 spiro atoms. The molecule has 16 heteroatoms. The van der Waals surface area contributed by atoms with Crippen molar-refractivity contribution in [2.24, 2.45) is 0 Å². The molecule has 0 unspecified atom stereocenters. The number of methoxy groups -OCH3 is 1. The van der Waals surface area contributed by atoms with Crippen molar-refractivity contribution in [1.29, 1.82) is 0 Å². The number of benzene rings is 2. The van der Waals surface area contributed by atoms with Gasteiger partial charge in [0.25, 0.3) is 0 Å². The van der Waals surface area contributed by atoms with Crippen LogP contribution >= 0.6 is 0 Å². The molecule has 2 aliphatic heterocycles. The van der Waals surface area contributed by atoms with Crippen molar-refractivity contribution in [2.75, 3.05) is 94.0 Å². The molecule has 266 valence electrons. The van der Waals surface area contributed by atoms with E-state index in [9.17, 15) is 26.4 Å². The number of nitrogens with zero attached hydrogens (tertiary/aromatic N) is 6. The molecule has 0 bridgehead atoms. The van der Waals surface area contributed by atoms with E-state index in [4.69, 9.17) is 9.47 Å². The van der Waals surface area contributed by atoms with E-state index < -0.39 is 21.8 Å². The molecule has 5 rings (SSSR count). The van der Waals surface area contributed by atoms with Gasteiger partial charge in [-0.05, 0) is 49.1 Å². The summed E-state index contributed by atoms with van der Waals surface area (Å²) in [6.07, 6.45) is -2.86. The van der Waals surface area contributed by atoms with Crippen LogP contribution < -0.4 is 19.3 Å². The van der Waals surface area contributed by atoms with Gasteiger partial charge >= 0.3 is 6.18 Å². The Morgan fingerprint density at radius 3 is 2.41 bits per heavy atom. The zero-order chi connectivity index (χ0) is 35.3. The van der Waals surface area contributed by atoms with E-state index >= 15 is 0 Å². The number of hydrogen-bond acceptors (Lipinski definition) is 10. The zero-order valence-electron chi connectivity index (χ0n) is 28.1. The van der Waals surface area contributed by atoms with E-state index in [1.807, 2.05) is 24.0 Å². The number of aromatic nitrogens is 2. The first-order valence-corrected chi connectivity index (χ1v) is 17.8. The molecule has 0 radical (unpaired) electrons. The predicted molar refractivity (Wildman–Crippen MR) is 181 cm³/mol. The second-order valence-corrected chi connectivity index (χ2v) is 14.2. The predicted octanol–water partition coefficient (Wildman–Crippen LogP) is 3.72. The number of anilines is 4. The number of sulfonamides is 1. The van der Waals surface area contributed by atoms with Crippen molar-refractivity contribution in [2.45, 2.75) is 25.9 Å². The van der Waals surface area contributed by atoms with Crippen LogP contribution in [0.5, 0.6) is 5.75 Å². The van der Waals surface area contributed by atoms with Crippen molar-refractivity contribution >= 4 is 38.9 Å². The number of rotatable bonds is 11. The Morgan fingerprint density at radius 1 is 1.04 bits per heavy atom. The van der Waals surface area contributed by atoms with Gasteiger partial charge in [0, 0.05) is 64.3 Å². The van der Waals surface area contributed by atoms with E-state index in [0.717, 1.165) is 41.1 Å². The third kappa shape index (κ3) is 9.10. The second kappa shape index (κ2) is 15.2. The van der Waals surface area contributed by atoms with E-state index in [1.54, 1.807) is 24.3 Å². The summed E-state index contributed by atoms with van der Waals surface area (Å²) in [5, 5.41) is 3.01. The normalized spacial score (nSPS) is 16.1. The molecule has 49 heavy (non-hydrogen) atoms. The minimum Gasteiger partial charge on any atom is -0.494 e. The van der Waals surface area contributed by atoms with Crippen LogP contribution in [0.1, 0.15) is 22.4 Å². The average Bonchev–Trinajstić information content (AvgIpc) is 3.07. The van der Waals surface area contributed by atoms with E-state index in [-0.39, 0.29) is 30.4 Å². The van der Waals surface area contributed by atoms with Crippen LogP contribution in [-0.4, -0.2) is 114 Å². The highest BCUT2D eigenvalue weighted by Gasteiger charge is 2.35. The Labute approximate surface area is 284 Å². The Morgan fingerprint density at radius 2 is 1.76 bits per heavy atom. The Hall–Kier alpha value is -4.15. The molecule has 12 nitrogen and oxygen atoms in total. The maximum Gasteiger partial charge on any atom is 0.419 e. The first kappa shape index (κ1) is 36.1. The van der Waals surface area contributed by atoms with E-state index in [2.05, 4.69) is 25.1 Å². The fraction of sp³-hybridized carbons (Fsp3) is 0.485. The van der Waals surface area contributed by atoms with Crippen LogP contribution in [0.15, 0.2) is 42.6 Å². The quantitative estimate of drug-likeness (QED) is 0.316. The van der Waals surface area contributed by atoms with Gasteiger partial charge in [0.1, 0.15) is 5.75 Å². The minimum absolute atomic E-state index is 0.0371. The number of amides is 1. The van der Waals surface area contributed by atoms with Crippen LogP contribution in [-0.2, 0) is 38.6 Å². The van der Waals surface area contributed by atoms with Gasteiger partial charge in [-0.25, -0.2) is 18.4 Å². The van der Waals surface area contributed by atoms with Gasteiger partial charge in [-0.2, -0.15) is 13.2 Å². The summed E-state index contributed by atoms with van der Waals surface area (Å²) < 4.78 is 78.7. The minimum atomic E-state index is -4.69. The van der Waals surface area contributed by atoms with Crippen molar-refractivity contribution in [3.63, 3.8) is 0 Å².